The average Bonchev–Trinajstić information content (AvgIpc) is 3.10. The standard InChI is InChI=1S/C23H29NO2/c1-16-5-3-4-6-22(16)23(26)11-19-14-24(15-20(19)12-23)13-17(2)18-7-9-21(25)10-8-18/h3-10,17,19-20,25-26H,11-15H2,1-2H3/t17?,19-,20+,23-. The zero-order valence-corrected chi connectivity index (χ0v) is 15.7. The van der Waals surface area contributed by atoms with Crippen molar-refractivity contribution in [2.75, 3.05) is 19.6 Å². The molecule has 4 atom stereocenters. The number of aromatic hydroxyl groups is 1. The number of aryl methyl sites for hydroxylation is 1. The zero-order chi connectivity index (χ0) is 18.3. The molecule has 2 fully saturated rings. The van der Waals surface area contributed by atoms with Crippen LogP contribution < -0.4 is 0 Å². The molecule has 0 bridgehead atoms. The normalized spacial score (nSPS) is 29.7. The molecule has 138 valence electrons. The molecule has 3 nitrogen and oxygen atoms in total. The predicted molar refractivity (Wildman–Crippen MR) is 104 cm³/mol. The van der Waals surface area contributed by atoms with Crippen LogP contribution in [-0.2, 0) is 5.60 Å². The molecule has 0 spiro atoms. The molecule has 1 saturated heterocycles. The fourth-order valence-electron chi connectivity index (χ4n) is 5.21. The minimum atomic E-state index is -0.644. The smallest absolute Gasteiger partial charge is 0.115 e. The van der Waals surface area contributed by atoms with Crippen molar-refractivity contribution in [2.24, 2.45) is 11.8 Å². The number of likely N-dealkylation sites (tertiary alicyclic amines) is 1. The molecule has 1 aliphatic carbocycles. The number of phenolic OH excluding ortho intramolecular Hbond substituents is 1. The lowest BCUT2D eigenvalue weighted by Gasteiger charge is -2.28. The van der Waals surface area contributed by atoms with E-state index >= 15 is 0 Å². The van der Waals surface area contributed by atoms with Crippen LogP contribution in [0.4, 0.5) is 0 Å². The highest BCUT2D eigenvalue weighted by Crippen LogP contribution is 2.49. The van der Waals surface area contributed by atoms with Crippen molar-refractivity contribution in [1.82, 2.24) is 4.90 Å². The molecule has 2 aromatic carbocycles. The van der Waals surface area contributed by atoms with E-state index in [0.717, 1.165) is 38.0 Å². The maximum absolute atomic E-state index is 11.3. The largest absolute Gasteiger partial charge is 0.508 e. The molecule has 1 heterocycles. The highest BCUT2D eigenvalue weighted by molar-refractivity contribution is 5.33. The number of aliphatic hydroxyl groups is 1. The van der Waals surface area contributed by atoms with E-state index in [9.17, 15) is 10.2 Å². The molecule has 4 rings (SSSR count). The summed E-state index contributed by atoms with van der Waals surface area (Å²) in [5.74, 6) is 1.95. The van der Waals surface area contributed by atoms with Gasteiger partial charge in [-0.1, -0.05) is 43.3 Å². The monoisotopic (exact) mass is 351 g/mol. The summed E-state index contributed by atoms with van der Waals surface area (Å²) in [6.07, 6.45) is 1.76. The molecule has 26 heavy (non-hydrogen) atoms. The second-order valence-electron chi connectivity index (χ2n) is 8.49. The Morgan fingerprint density at radius 3 is 2.27 bits per heavy atom. The summed E-state index contributed by atoms with van der Waals surface area (Å²) in [5.41, 5.74) is 2.96. The fourth-order valence-corrected chi connectivity index (χ4v) is 5.21. The highest BCUT2D eigenvalue weighted by Gasteiger charge is 2.49. The number of hydrogen-bond donors (Lipinski definition) is 2. The van der Waals surface area contributed by atoms with E-state index in [1.807, 2.05) is 24.3 Å². The quantitative estimate of drug-likeness (QED) is 0.874. The highest BCUT2D eigenvalue weighted by atomic mass is 16.3. The SMILES string of the molecule is Cc1ccccc1[C@]1(O)C[C@H]2CN(CC(C)c3ccc(O)cc3)C[C@H]2C1. The van der Waals surface area contributed by atoms with Crippen LogP contribution in [0.15, 0.2) is 48.5 Å². The van der Waals surface area contributed by atoms with Crippen molar-refractivity contribution < 1.29 is 10.2 Å². The van der Waals surface area contributed by atoms with Gasteiger partial charge in [-0.25, -0.2) is 0 Å². The summed E-state index contributed by atoms with van der Waals surface area (Å²) in [7, 11) is 0. The number of benzene rings is 2. The van der Waals surface area contributed by atoms with Crippen LogP contribution in [0.3, 0.4) is 0 Å². The van der Waals surface area contributed by atoms with E-state index in [1.165, 1.54) is 11.1 Å². The minimum Gasteiger partial charge on any atom is -0.508 e. The van der Waals surface area contributed by atoms with E-state index in [0.29, 0.717) is 23.5 Å². The Hall–Kier alpha value is -1.84. The summed E-state index contributed by atoms with van der Waals surface area (Å²) >= 11 is 0. The van der Waals surface area contributed by atoms with E-state index in [4.69, 9.17) is 0 Å². The first-order valence-electron chi connectivity index (χ1n) is 9.74. The van der Waals surface area contributed by atoms with Gasteiger partial charge >= 0.3 is 0 Å². The van der Waals surface area contributed by atoms with Gasteiger partial charge in [0.1, 0.15) is 5.75 Å². The first-order valence-corrected chi connectivity index (χ1v) is 9.74. The minimum absolute atomic E-state index is 0.326. The van der Waals surface area contributed by atoms with Crippen LogP contribution in [-0.4, -0.2) is 34.7 Å². The zero-order valence-electron chi connectivity index (χ0n) is 15.7. The lowest BCUT2D eigenvalue weighted by Crippen LogP contribution is -2.30. The molecular formula is C23H29NO2. The Morgan fingerprint density at radius 2 is 1.65 bits per heavy atom. The third kappa shape index (κ3) is 3.26. The molecular weight excluding hydrogens is 322 g/mol. The lowest BCUT2D eigenvalue weighted by molar-refractivity contribution is 0.0306. The van der Waals surface area contributed by atoms with Crippen molar-refractivity contribution in [3.63, 3.8) is 0 Å². The number of rotatable bonds is 4. The summed E-state index contributed by atoms with van der Waals surface area (Å²) in [4.78, 5) is 2.56. The van der Waals surface area contributed by atoms with Crippen molar-refractivity contribution >= 4 is 0 Å². The number of fused-ring (bicyclic) bond motifs is 1. The molecule has 3 heteroatoms. The topological polar surface area (TPSA) is 43.7 Å². The second-order valence-corrected chi connectivity index (χ2v) is 8.49. The molecule has 2 aliphatic rings. The van der Waals surface area contributed by atoms with Crippen LogP contribution in [0.5, 0.6) is 5.75 Å². The summed E-state index contributed by atoms with van der Waals surface area (Å²) in [6.45, 7) is 7.57. The van der Waals surface area contributed by atoms with Gasteiger partial charge in [0.25, 0.3) is 0 Å². The van der Waals surface area contributed by atoms with Gasteiger partial charge in [-0.3, -0.25) is 0 Å². The van der Waals surface area contributed by atoms with Crippen LogP contribution in [0.25, 0.3) is 0 Å². The van der Waals surface area contributed by atoms with Gasteiger partial charge in [-0.15, -0.1) is 0 Å². The van der Waals surface area contributed by atoms with Crippen molar-refractivity contribution in [2.45, 2.75) is 38.2 Å². The van der Waals surface area contributed by atoms with Gasteiger partial charge in [0, 0.05) is 19.6 Å². The van der Waals surface area contributed by atoms with Gasteiger partial charge in [0.2, 0.25) is 0 Å². The van der Waals surface area contributed by atoms with E-state index in [-0.39, 0.29) is 0 Å². The Labute approximate surface area is 156 Å². The first-order chi connectivity index (χ1) is 12.4. The number of hydrogen-bond acceptors (Lipinski definition) is 3. The Morgan fingerprint density at radius 1 is 1.04 bits per heavy atom. The molecule has 1 saturated carbocycles. The first kappa shape index (κ1) is 17.6. The summed E-state index contributed by atoms with van der Waals surface area (Å²) in [6, 6.07) is 15.9. The van der Waals surface area contributed by atoms with Crippen molar-refractivity contribution in [3.05, 3.63) is 65.2 Å². The number of nitrogens with zero attached hydrogens (tertiary/aromatic N) is 1. The third-order valence-electron chi connectivity index (χ3n) is 6.49. The average molecular weight is 351 g/mol. The van der Waals surface area contributed by atoms with E-state index < -0.39 is 5.60 Å². The van der Waals surface area contributed by atoms with Gasteiger partial charge < -0.3 is 15.1 Å². The summed E-state index contributed by atoms with van der Waals surface area (Å²) in [5, 5.41) is 20.7. The Bertz CT molecular complexity index is 756. The lowest BCUT2D eigenvalue weighted by atomic mass is 9.87. The molecule has 0 aromatic heterocycles. The van der Waals surface area contributed by atoms with E-state index in [1.54, 1.807) is 12.1 Å². The summed E-state index contributed by atoms with van der Waals surface area (Å²) < 4.78 is 0. The van der Waals surface area contributed by atoms with Crippen LogP contribution >= 0.6 is 0 Å². The van der Waals surface area contributed by atoms with Crippen LogP contribution in [0.2, 0.25) is 0 Å². The van der Waals surface area contributed by atoms with E-state index in [2.05, 4.69) is 30.9 Å². The third-order valence-corrected chi connectivity index (χ3v) is 6.49. The molecule has 1 aliphatic heterocycles. The Kier molecular flexibility index (Phi) is 4.54. The molecule has 0 radical (unpaired) electrons. The van der Waals surface area contributed by atoms with Gasteiger partial charge in [-0.05, 0) is 66.3 Å². The predicted octanol–water partition coefficient (Wildman–Crippen LogP) is 4.03. The number of phenols is 1. The molecule has 0 amide bonds. The van der Waals surface area contributed by atoms with Gasteiger partial charge in [-0.2, -0.15) is 0 Å². The molecule has 1 unspecified atom stereocenters. The van der Waals surface area contributed by atoms with Crippen LogP contribution in [0, 0.1) is 18.8 Å². The maximum atomic E-state index is 11.3. The molecule has 2 N–H and O–H groups in total. The Balaban J connectivity index is 1.39. The van der Waals surface area contributed by atoms with Crippen LogP contribution in [0.1, 0.15) is 42.4 Å². The van der Waals surface area contributed by atoms with Gasteiger partial charge in [0.15, 0.2) is 0 Å². The van der Waals surface area contributed by atoms with Crippen molar-refractivity contribution in [1.29, 1.82) is 0 Å². The van der Waals surface area contributed by atoms with Gasteiger partial charge in [0.05, 0.1) is 5.60 Å². The molecule has 2 aromatic rings. The van der Waals surface area contributed by atoms with Crippen molar-refractivity contribution in [3.8, 4) is 5.75 Å². The maximum Gasteiger partial charge on any atom is 0.115 e. The fraction of sp³-hybridized carbons (Fsp3) is 0.478. The second kappa shape index (κ2) is 6.71.